The number of hydrogen-bond donors (Lipinski definition) is 0. The van der Waals surface area contributed by atoms with Gasteiger partial charge in [0.2, 0.25) is 0 Å². The van der Waals surface area contributed by atoms with Crippen LogP contribution in [0.2, 0.25) is 0 Å². The summed E-state index contributed by atoms with van der Waals surface area (Å²) < 4.78 is 44.3. The molecule has 0 bridgehead atoms. The Bertz CT molecular complexity index is 971. The minimum atomic E-state index is -4.26. The molecule has 0 aromatic heterocycles. The molecule has 0 radical (unpaired) electrons. The summed E-state index contributed by atoms with van der Waals surface area (Å²) in [6, 6.07) is 12.3. The van der Waals surface area contributed by atoms with Gasteiger partial charge in [0.05, 0.1) is 12.7 Å². The summed E-state index contributed by atoms with van der Waals surface area (Å²) in [5.41, 5.74) is 3.96. The lowest BCUT2D eigenvalue weighted by Crippen LogP contribution is -2.61. The highest BCUT2D eigenvalue weighted by Crippen LogP contribution is 2.63. The molecule has 178 valence electrons. The van der Waals surface area contributed by atoms with Crippen molar-refractivity contribution in [3.8, 4) is 5.75 Å². The third-order valence-electron chi connectivity index (χ3n) is 8.81. The molecule has 1 heterocycles. The molecule has 0 spiro atoms. The molecule has 2 aromatic rings. The van der Waals surface area contributed by atoms with Crippen LogP contribution in [0.4, 0.5) is 13.2 Å². The molecular formula is C28H34F3NO. The molecule has 2 atom stereocenters. The summed E-state index contributed by atoms with van der Waals surface area (Å²) in [6.07, 6.45) is 6.27. The van der Waals surface area contributed by atoms with Gasteiger partial charge in [0, 0.05) is 17.5 Å². The van der Waals surface area contributed by atoms with Gasteiger partial charge in [-0.1, -0.05) is 37.1 Å². The largest absolute Gasteiger partial charge is 0.496 e. The Labute approximate surface area is 195 Å². The van der Waals surface area contributed by atoms with Gasteiger partial charge in [-0.3, -0.25) is 0 Å². The van der Waals surface area contributed by atoms with Gasteiger partial charge >= 0.3 is 6.18 Å². The number of fused-ring (bicyclic) bond motifs is 1. The number of aryl methyl sites for hydroxylation is 2. The Balaban J connectivity index is 1.29. The smallest absolute Gasteiger partial charge is 0.416 e. The molecule has 33 heavy (non-hydrogen) atoms. The maximum Gasteiger partial charge on any atom is 0.416 e. The van der Waals surface area contributed by atoms with E-state index in [1.54, 1.807) is 12.1 Å². The lowest BCUT2D eigenvalue weighted by atomic mass is 9.46. The zero-order chi connectivity index (χ0) is 23.1. The van der Waals surface area contributed by atoms with Gasteiger partial charge < -0.3 is 9.64 Å². The molecule has 2 unspecified atom stereocenters. The van der Waals surface area contributed by atoms with Crippen LogP contribution in [0.25, 0.3) is 0 Å². The molecule has 2 nitrogen and oxygen atoms in total. The van der Waals surface area contributed by atoms with E-state index in [0.717, 1.165) is 50.2 Å². The first-order valence-corrected chi connectivity index (χ1v) is 12.4. The van der Waals surface area contributed by atoms with E-state index >= 15 is 0 Å². The Morgan fingerprint density at radius 3 is 2.52 bits per heavy atom. The van der Waals surface area contributed by atoms with Gasteiger partial charge in [0.1, 0.15) is 5.75 Å². The minimum Gasteiger partial charge on any atom is -0.496 e. The van der Waals surface area contributed by atoms with Gasteiger partial charge in [-0.2, -0.15) is 13.2 Å². The van der Waals surface area contributed by atoms with Crippen molar-refractivity contribution in [2.75, 3.05) is 26.7 Å². The maximum atomic E-state index is 12.8. The molecule has 2 fully saturated rings. The van der Waals surface area contributed by atoms with Crippen molar-refractivity contribution in [2.24, 2.45) is 5.41 Å². The fraction of sp³-hybridized carbons (Fsp3) is 0.571. The van der Waals surface area contributed by atoms with Gasteiger partial charge in [0.25, 0.3) is 0 Å². The number of alkyl halides is 3. The topological polar surface area (TPSA) is 12.5 Å². The molecule has 1 saturated heterocycles. The lowest BCUT2D eigenvalue weighted by molar-refractivity contribution is -0.137. The number of nitrogens with zero attached hydrogens (tertiary/aromatic N) is 1. The van der Waals surface area contributed by atoms with E-state index in [1.807, 2.05) is 7.11 Å². The van der Waals surface area contributed by atoms with Crippen molar-refractivity contribution in [1.82, 2.24) is 4.90 Å². The Kier molecular flexibility index (Phi) is 5.97. The van der Waals surface area contributed by atoms with E-state index in [9.17, 15) is 13.2 Å². The maximum absolute atomic E-state index is 12.8. The average Bonchev–Trinajstić information content (AvgIpc) is 2.82. The van der Waals surface area contributed by atoms with Crippen LogP contribution >= 0.6 is 0 Å². The Morgan fingerprint density at radius 2 is 1.76 bits per heavy atom. The number of hydrogen-bond acceptors (Lipinski definition) is 2. The Hall–Kier alpha value is -2.01. The predicted molar refractivity (Wildman–Crippen MR) is 125 cm³/mol. The van der Waals surface area contributed by atoms with E-state index < -0.39 is 11.7 Å². The van der Waals surface area contributed by atoms with Crippen molar-refractivity contribution in [3.63, 3.8) is 0 Å². The summed E-state index contributed by atoms with van der Waals surface area (Å²) in [4.78, 5) is 2.63. The summed E-state index contributed by atoms with van der Waals surface area (Å²) in [6.45, 7) is 3.24. The summed E-state index contributed by atoms with van der Waals surface area (Å²) in [5.74, 6) is 1.08. The second-order valence-corrected chi connectivity index (χ2v) is 10.4. The SMILES string of the molecule is COc1cccc2c1C13CCCCC1(CC2)CN(CCCc1ccc(C(F)(F)F)cc1)CC3. The quantitative estimate of drug-likeness (QED) is 0.490. The number of halogens is 3. The highest BCUT2D eigenvalue weighted by Gasteiger charge is 2.58. The number of ether oxygens (including phenoxy) is 1. The van der Waals surface area contributed by atoms with Crippen LogP contribution in [-0.4, -0.2) is 31.6 Å². The number of benzene rings is 2. The zero-order valence-corrected chi connectivity index (χ0v) is 19.5. The summed E-state index contributed by atoms with van der Waals surface area (Å²) in [7, 11) is 1.81. The standard InChI is InChI=1S/C28H34F3NO/c1-33-24-8-4-7-22-13-16-26-14-2-3-15-27(26,25(22)24)17-19-32(20-26)18-5-6-21-9-11-23(12-10-21)28(29,30)31/h4,7-12H,2-3,5-6,13-20H2,1H3. The van der Waals surface area contributed by atoms with Crippen LogP contribution in [0.5, 0.6) is 5.75 Å². The third kappa shape index (κ3) is 3.96. The van der Waals surface area contributed by atoms with Crippen LogP contribution in [0.1, 0.15) is 67.2 Å². The first-order valence-electron chi connectivity index (χ1n) is 12.4. The van der Waals surface area contributed by atoms with Crippen LogP contribution in [0.3, 0.4) is 0 Å². The molecule has 0 amide bonds. The van der Waals surface area contributed by atoms with Gasteiger partial charge in [-0.25, -0.2) is 0 Å². The first kappa shape index (κ1) is 22.8. The van der Waals surface area contributed by atoms with E-state index in [-0.39, 0.29) is 5.41 Å². The second-order valence-electron chi connectivity index (χ2n) is 10.4. The molecule has 2 aromatic carbocycles. The van der Waals surface area contributed by atoms with Crippen molar-refractivity contribution in [2.45, 2.75) is 69.4 Å². The molecular weight excluding hydrogens is 423 g/mol. The molecule has 1 saturated carbocycles. The fourth-order valence-corrected chi connectivity index (χ4v) is 7.26. The molecule has 5 heteroatoms. The highest BCUT2D eigenvalue weighted by molar-refractivity contribution is 5.50. The van der Waals surface area contributed by atoms with E-state index in [1.165, 1.54) is 61.8 Å². The second kappa shape index (κ2) is 8.65. The van der Waals surface area contributed by atoms with Crippen molar-refractivity contribution in [3.05, 3.63) is 64.7 Å². The molecule has 2 aliphatic carbocycles. The monoisotopic (exact) mass is 457 g/mol. The molecule has 1 aliphatic heterocycles. The van der Waals surface area contributed by atoms with Crippen molar-refractivity contribution in [1.29, 1.82) is 0 Å². The molecule has 3 aliphatic rings. The van der Waals surface area contributed by atoms with E-state index in [4.69, 9.17) is 4.74 Å². The fourth-order valence-electron chi connectivity index (χ4n) is 7.26. The molecule has 5 rings (SSSR count). The number of methoxy groups -OCH3 is 1. The first-order chi connectivity index (χ1) is 15.9. The van der Waals surface area contributed by atoms with Gasteiger partial charge in [-0.15, -0.1) is 0 Å². The number of likely N-dealkylation sites (tertiary alicyclic amines) is 1. The number of piperidine rings is 1. The van der Waals surface area contributed by atoms with Crippen molar-refractivity contribution < 1.29 is 17.9 Å². The highest BCUT2D eigenvalue weighted by atomic mass is 19.4. The van der Waals surface area contributed by atoms with E-state index in [2.05, 4.69) is 23.1 Å². The lowest BCUT2D eigenvalue weighted by Gasteiger charge is -2.62. The minimum absolute atomic E-state index is 0.232. The average molecular weight is 458 g/mol. The third-order valence-corrected chi connectivity index (χ3v) is 8.81. The van der Waals surface area contributed by atoms with Crippen LogP contribution in [0.15, 0.2) is 42.5 Å². The van der Waals surface area contributed by atoms with Gasteiger partial charge in [-0.05, 0) is 92.8 Å². The van der Waals surface area contributed by atoms with Gasteiger partial charge in [0.15, 0.2) is 0 Å². The summed E-state index contributed by atoms with van der Waals surface area (Å²) in [5, 5.41) is 0. The van der Waals surface area contributed by atoms with Crippen LogP contribution in [-0.2, 0) is 24.4 Å². The normalized spacial score (nSPS) is 27.4. The van der Waals surface area contributed by atoms with Crippen LogP contribution in [0, 0.1) is 5.41 Å². The summed E-state index contributed by atoms with van der Waals surface area (Å²) >= 11 is 0. The zero-order valence-electron chi connectivity index (χ0n) is 19.5. The van der Waals surface area contributed by atoms with Crippen molar-refractivity contribution >= 4 is 0 Å². The predicted octanol–water partition coefficient (Wildman–Crippen LogP) is 6.80. The number of rotatable bonds is 5. The van der Waals surface area contributed by atoms with Crippen LogP contribution < -0.4 is 4.74 Å². The molecule has 0 N–H and O–H groups in total. The van der Waals surface area contributed by atoms with E-state index in [0.29, 0.717) is 5.41 Å². The Morgan fingerprint density at radius 1 is 0.970 bits per heavy atom.